The first-order chi connectivity index (χ1) is 17.8. The zero-order chi connectivity index (χ0) is 25.8. The van der Waals surface area contributed by atoms with Crippen molar-refractivity contribution in [2.24, 2.45) is 0 Å². The van der Waals surface area contributed by atoms with Gasteiger partial charge in [-0.1, -0.05) is 0 Å². The number of fused-ring (bicyclic) bond motifs is 1. The maximum absolute atomic E-state index is 12.7. The molecule has 184 valence electrons. The van der Waals surface area contributed by atoms with Gasteiger partial charge in [0.1, 0.15) is 0 Å². The number of hydrogen-bond donors (Lipinski definition) is 3. The average Bonchev–Trinajstić information content (AvgIpc) is 2.90. The Hall–Kier alpha value is -4.76. The Morgan fingerprint density at radius 3 is 2.03 bits per heavy atom. The fourth-order valence-electron chi connectivity index (χ4n) is 3.77. The molecule has 5 aromatic rings. The Morgan fingerprint density at radius 1 is 0.703 bits per heavy atom. The van der Waals surface area contributed by atoms with Crippen molar-refractivity contribution in [2.75, 3.05) is 22.2 Å². The first-order valence-corrected chi connectivity index (χ1v) is 13.3. The van der Waals surface area contributed by atoms with Crippen LogP contribution in [0.1, 0.15) is 10.4 Å². The van der Waals surface area contributed by atoms with Crippen LogP contribution in [0.15, 0.2) is 108 Å². The SMILES string of the molecule is CS(=O)(=O)c1ccc2nccc(Nc3ccc(C(=O)Nc4ccc(Nc5ccncc5)cc4)cc3)c2c1. The van der Waals surface area contributed by atoms with Crippen LogP contribution < -0.4 is 16.0 Å². The lowest BCUT2D eigenvalue weighted by Crippen LogP contribution is -2.11. The van der Waals surface area contributed by atoms with Crippen molar-refractivity contribution in [3.63, 3.8) is 0 Å². The molecule has 3 N–H and O–H groups in total. The average molecular weight is 510 g/mol. The number of pyridine rings is 2. The van der Waals surface area contributed by atoms with Gasteiger partial charge in [-0.15, -0.1) is 0 Å². The summed E-state index contributed by atoms with van der Waals surface area (Å²) in [4.78, 5) is 21.3. The van der Waals surface area contributed by atoms with Crippen LogP contribution in [0.5, 0.6) is 0 Å². The van der Waals surface area contributed by atoms with Gasteiger partial charge in [-0.05, 0) is 84.9 Å². The monoisotopic (exact) mass is 509 g/mol. The molecule has 5 rings (SSSR count). The normalized spacial score (nSPS) is 11.2. The van der Waals surface area contributed by atoms with Gasteiger partial charge in [0.15, 0.2) is 9.84 Å². The van der Waals surface area contributed by atoms with Crippen molar-refractivity contribution in [3.05, 3.63) is 109 Å². The quantitative estimate of drug-likeness (QED) is 0.255. The van der Waals surface area contributed by atoms with E-state index in [1.54, 1.807) is 67.1 Å². The lowest BCUT2D eigenvalue weighted by Gasteiger charge is -2.11. The minimum absolute atomic E-state index is 0.226. The molecule has 0 aliphatic heterocycles. The summed E-state index contributed by atoms with van der Waals surface area (Å²) in [6.07, 6.45) is 6.26. The number of nitrogens with one attached hydrogen (secondary N) is 3. The summed E-state index contributed by atoms with van der Waals surface area (Å²) in [5, 5.41) is 10.2. The zero-order valence-corrected chi connectivity index (χ0v) is 20.7. The van der Waals surface area contributed by atoms with Gasteiger partial charge >= 0.3 is 0 Å². The first-order valence-electron chi connectivity index (χ1n) is 11.4. The molecule has 8 nitrogen and oxygen atoms in total. The van der Waals surface area contributed by atoms with E-state index in [2.05, 4.69) is 25.9 Å². The smallest absolute Gasteiger partial charge is 0.255 e. The summed E-state index contributed by atoms with van der Waals surface area (Å²) >= 11 is 0. The second-order valence-electron chi connectivity index (χ2n) is 8.40. The molecular weight excluding hydrogens is 486 g/mol. The summed E-state index contributed by atoms with van der Waals surface area (Å²) in [7, 11) is -3.35. The van der Waals surface area contributed by atoms with Crippen LogP contribution in [-0.2, 0) is 9.84 Å². The number of sulfone groups is 1. The van der Waals surface area contributed by atoms with E-state index in [9.17, 15) is 13.2 Å². The van der Waals surface area contributed by atoms with Gasteiger partial charge in [-0.25, -0.2) is 8.42 Å². The summed E-state index contributed by atoms with van der Waals surface area (Å²) in [6, 6.07) is 24.8. The standard InChI is InChI=1S/C28H23N5O3S/c1-37(35,36)24-10-11-26-25(18-24)27(14-17-30-26)32-21-4-2-19(3-5-21)28(34)33-22-8-6-20(7-9-22)31-23-12-15-29-16-13-23/h2-18H,1H3,(H,29,31)(H,30,32)(H,33,34). The Kier molecular flexibility index (Phi) is 6.53. The zero-order valence-electron chi connectivity index (χ0n) is 19.8. The molecular formula is C28H23N5O3S. The summed E-state index contributed by atoms with van der Waals surface area (Å²) in [6.45, 7) is 0. The van der Waals surface area contributed by atoms with Crippen LogP contribution in [0.2, 0.25) is 0 Å². The van der Waals surface area contributed by atoms with Crippen LogP contribution >= 0.6 is 0 Å². The molecule has 0 atom stereocenters. The fourth-order valence-corrected chi connectivity index (χ4v) is 4.41. The minimum Gasteiger partial charge on any atom is -0.355 e. The van der Waals surface area contributed by atoms with Crippen molar-refractivity contribution in [2.45, 2.75) is 4.90 Å². The molecule has 3 aromatic carbocycles. The Bertz CT molecular complexity index is 1670. The van der Waals surface area contributed by atoms with Crippen LogP contribution in [0, 0.1) is 0 Å². The molecule has 0 saturated carbocycles. The van der Waals surface area contributed by atoms with Gasteiger partial charge in [0.05, 0.1) is 10.4 Å². The Morgan fingerprint density at radius 2 is 1.32 bits per heavy atom. The third-order valence-corrected chi connectivity index (χ3v) is 6.79. The third-order valence-electron chi connectivity index (χ3n) is 5.68. The molecule has 0 radical (unpaired) electrons. The number of amides is 1. The molecule has 0 fully saturated rings. The van der Waals surface area contributed by atoms with E-state index in [4.69, 9.17) is 0 Å². The van der Waals surface area contributed by atoms with Crippen LogP contribution in [0.3, 0.4) is 0 Å². The van der Waals surface area contributed by atoms with E-state index in [1.807, 2.05) is 36.4 Å². The highest BCUT2D eigenvalue weighted by atomic mass is 32.2. The van der Waals surface area contributed by atoms with Crippen molar-refractivity contribution in [1.29, 1.82) is 0 Å². The van der Waals surface area contributed by atoms with Crippen LogP contribution in [0.25, 0.3) is 10.9 Å². The highest BCUT2D eigenvalue weighted by Crippen LogP contribution is 2.28. The van der Waals surface area contributed by atoms with Gasteiger partial charge in [0.25, 0.3) is 5.91 Å². The lowest BCUT2D eigenvalue weighted by molar-refractivity contribution is 0.102. The number of carbonyl (C=O) groups is 1. The van der Waals surface area contributed by atoms with E-state index in [0.29, 0.717) is 27.8 Å². The molecule has 2 aromatic heterocycles. The molecule has 0 unspecified atom stereocenters. The first kappa shape index (κ1) is 24.0. The van der Waals surface area contributed by atoms with Crippen molar-refractivity contribution in [1.82, 2.24) is 9.97 Å². The second kappa shape index (κ2) is 10.1. The van der Waals surface area contributed by atoms with Crippen molar-refractivity contribution in [3.8, 4) is 0 Å². The topological polar surface area (TPSA) is 113 Å². The Balaban J connectivity index is 1.27. The highest BCUT2D eigenvalue weighted by Gasteiger charge is 2.11. The maximum atomic E-state index is 12.7. The predicted molar refractivity (Wildman–Crippen MR) is 146 cm³/mol. The number of hydrogen-bond acceptors (Lipinski definition) is 7. The molecule has 1 amide bonds. The molecule has 0 aliphatic carbocycles. The number of aromatic nitrogens is 2. The summed E-state index contributed by atoms with van der Waals surface area (Å²) < 4.78 is 24.0. The van der Waals surface area contributed by atoms with Crippen molar-refractivity contribution >= 4 is 55.1 Å². The van der Waals surface area contributed by atoms with E-state index < -0.39 is 9.84 Å². The number of carbonyl (C=O) groups excluding carboxylic acids is 1. The third kappa shape index (κ3) is 5.74. The number of anilines is 5. The number of benzene rings is 3. The summed E-state index contributed by atoms with van der Waals surface area (Å²) in [5.74, 6) is -0.228. The van der Waals surface area contributed by atoms with Gasteiger partial charge < -0.3 is 16.0 Å². The van der Waals surface area contributed by atoms with Gasteiger partial charge in [-0.2, -0.15) is 0 Å². The Labute approximate surface area is 214 Å². The van der Waals surface area contributed by atoms with Crippen LogP contribution in [-0.4, -0.2) is 30.5 Å². The van der Waals surface area contributed by atoms with E-state index >= 15 is 0 Å². The molecule has 0 spiro atoms. The van der Waals surface area contributed by atoms with Gasteiger partial charge in [0, 0.05) is 64.2 Å². The van der Waals surface area contributed by atoms with E-state index in [0.717, 1.165) is 17.1 Å². The molecule has 0 saturated heterocycles. The molecule has 9 heteroatoms. The van der Waals surface area contributed by atoms with E-state index in [1.165, 1.54) is 6.26 Å². The molecule has 37 heavy (non-hydrogen) atoms. The van der Waals surface area contributed by atoms with Gasteiger partial charge in [0.2, 0.25) is 0 Å². The maximum Gasteiger partial charge on any atom is 0.255 e. The second-order valence-corrected chi connectivity index (χ2v) is 10.4. The highest BCUT2D eigenvalue weighted by molar-refractivity contribution is 7.90. The van der Waals surface area contributed by atoms with E-state index in [-0.39, 0.29) is 10.8 Å². The van der Waals surface area contributed by atoms with Crippen molar-refractivity contribution < 1.29 is 13.2 Å². The minimum atomic E-state index is -3.35. The van der Waals surface area contributed by atoms with Gasteiger partial charge in [-0.3, -0.25) is 14.8 Å². The molecule has 0 aliphatic rings. The van der Waals surface area contributed by atoms with Crippen LogP contribution in [0.4, 0.5) is 28.4 Å². The predicted octanol–water partition coefficient (Wildman–Crippen LogP) is 5.77. The number of rotatable bonds is 7. The fraction of sp³-hybridized carbons (Fsp3) is 0.0357. The lowest BCUT2D eigenvalue weighted by atomic mass is 10.1. The molecule has 2 heterocycles. The number of nitrogens with zero attached hydrogens (tertiary/aromatic N) is 2. The molecule has 0 bridgehead atoms. The summed E-state index contributed by atoms with van der Waals surface area (Å²) in [5.41, 5.74) is 5.15. The largest absolute Gasteiger partial charge is 0.355 e.